The molecule has 2 aliphatic rings. The molecule has 1 aliphatic heterocycles. The van der Waals surface area contributed by atoms with Crippen molar-refractivity contribution in [2.24, 2.45) is 11.3 Å². The molecule has 0 aromatic rings. The molecular weight excluding hydrogens is 122 g/mol. The zero-order valence-corrected chi connectivity index (χ0v) is 6.82. The lowest BCUT2D eigenvalue weighted by Crippen LogP contribution is -2.20. The lowest BCUT2D eigenvalue weighted by Gasteiger charge is -2.20. The van der Waals surface area contributed by atoms with Crippen LogP contribution in [0.15, 0.2) is 0 Å². The van der Waals surface area contributed by atoms with E-state index in [1.165, 1.54) is 38.8 Å². The highest BCUT2D eigenvalue weighted by atomic mass is 14.9. The summed E-state index contributed by atoms with van der Waals surface area (Å²) in [5, 5.41) is 3.48. The second-order valence-corrected chi connectivity index (χ2v) is 4.27. The minimum absolute atomic E-state index is 0.749. The third kappa shape index (κ3) is 0.968. The molecule has 1 saturated heterocycles. The number of hydrogen-bond acceptors (Lipinski definition) is 1. The first-order valence-corrected chi connectivity index (χ1v) is 4.52. The fourth-order valence-electron chi connectivity index (χ4n) is 2.68. The topological polar surface area (TPSA) is 12.0 Å². The Hall–Kier alpha value is -0.0400. The summed E-state index contributed by atoms with van der Waals surface area (Å²) in [6, 6.07) is 0. The average molecular weight is 139 g/mol. The SMILES string of the molecule is C[C@@H]1CCC2(CCNC2)C1. The molecule has 2 rings (SSSR count). The van der Waals surface area contributed by atoms with Gasteiger partial charge in [0.1, 0.15) is 0 Å². The fourth-order valence-corrected chi connectivity index (χ4v) is 2.68. The Balaban J connectivity index is 2.03. The van der Waals surface area contributed by atoms with Gasteiger partial charge < -0.3 is 5.32 Å². The van der Waals surface area contributed by atoms with Crippen LogP contribution >= 0.6 is 0 Å². The van der Waals surface area contributed by atoms with E-state index in [9.17, 15) is 0 Å². The Kier molecular flexibility index (Phi) is 1.48. The zero-order chi connectivity index (χ0) is 7.03. The molecule has 1 N–H and O–H groups in total. The second-order valence-electron chi connectivity index (χ2n) is 4.27. The molecule has 0 aromatic heterocycles. The molecule has 2 atom stereocenters. The standard InChI is InChI=1S/C9H17N/c1-8-2-3-9(6-8)4-5-10-7-9/h8,10H,2-7H2,1H3/t8-,9?/m1/s1. The molecule has 0 radical (unpaired) electrons. The van der Waals surface area contributed by atoms with Crippen molar-refractivity contribution >= 4 is 0 Å². The summed E-state index contributed by atoms with van der Waals surface area (Å²) in [5.41, 5.74) is 0.749. The van der Waals surface area contributed by atoms with Crippen LogP contribution in [0.3, 0.4) is 0 Å². The molecule has 1 unspecified atom stereocenters. The van der Waals surface area contributed by atoms with E-state index in [0.717, 1.165) is 11.3 Å². The summed E-state index contributed by atoms with van der Waals surface area (Å²) in [4.78, 5) is 0. The third-order valence-electron chi connectivity index (χ3n) is 3.28. The molecule has 1 aliphatic carbocycles. The van der Waals surface area contributed by atoms with E-state index in [-0.39, 0.29) is 0 Å². The Morgan fingerprint density at radius 1 is 1.40 bits per heavy atom. The van der Waals surface area contributed by atoms with Gasteiger partial charge in [-0.05, 0) is 37.1 Å². The second kappa shape index (κ2) is 2.23. The summed E-state index contributed by atoms with van der Waals surface area (Å²) < 4.78 is 0. The molecule has 0 aromatic carbocycles. The van der Waals surface area contributed by atoms with E-state index in [1.54, 1.807) is 0 Å². The van der Waals surface area contributed by atoms with E-state index in [2.05, 4.69) is 12.2 Å². The molecule has 0 amide bonds. The Morgan fingerprint density at radius 2 is 2.30 bits per heavy atom. The van der Waals surface area contributed by atoms with Crippen LogP contribution in [-0.2, 0) is 0 Å². The van der Waals surface area contributed by atoms with Gasteiger partial charge in [0.05, 0.1) is 0 Å². The van der Waals surface area contributed by atoms with Gasteiger partial charge in [0, 0.05) is 6.54 Å². The van der Waals surface area contributed by atoms with Gasteiger partial charge in [0.25, 0.3) is 0 Å². The van der Waals surface area contributed by atoms with Gasteiger partial charge in [0.15, 0.2) is 0 Å². The minimum Gasteiger partial charge on any atom is -0.316 e. The highest BCUT2D eigenvalue weighted by molar-refractivity contribution is 4.93. The Labute approximate surface area is 63.2 Å². The molecule has 1 saturated carbocycles. The van der Waals surface area contributed by atoms with Crippen molar-refractivity contribution in [3.8, 4) is 0 Å². The van der Waals surface area contributed by atoms with E-state index >= 15 is 0 Å². The maximum Gasteiger partial charge on any atom is 0.000839 e. The zero-order valence-electron chi connectivity index (χ0n) is 6.82. The van der Waals surface area contributed by atoms with Crippen LogP contribution in [0.4, 0.5) is 0 Å². The van der Waals surface area contributed by atoms with E-state index in [4.69, 9.17) is 0 Å². The molecule has 1 spiro atoms. The molecule has 1 nitrogen and oxygen atoms in total. The van der Waals surface area contributed by atoms with Gasteiger partial charge in [0.2, 0.25) is 0 Å². The summed E-state index contributed by atoms with van der Waals surface area (Å²) in [6.07, 6.45) is 5.89. The van der Waals surface area contributed by atoms with Crippen molar-refractivity contribution in [1.29, 1.82) is 0 Å². The average Bonchev–Trinajstić information content (AvgIpc) is 2.46. The first kappa shape index (κ1) is 6.66. The van der Waals surface area contributed by atoms with Crippen LogP contribution in [0.5, 0.6) is 0 Å². The van der Waals surface area contributed by atoms with E-state index in [0.29, 0.717) is 0 Å². The van der Waals surface area contributed by atoms with Crippen LogP contribution in [0.25, 0.3) is 0 Å². The van der Waals surface area contributed by atoms with Crippen LogP contribution in [0, 0.1) is 11.3 Å². The van der Waals surface area contributed by atoms with Crippen molar-refractivity contribution in [2.75, 3.05) is 13.1 Å². The van der Waals surface area contributed by atoms with Gasteiger partial charge >= 0.3 is 0 Å². The molecule has 58 valence electrons. The third-order valence-corrected chi connectivity index (χ3v) is 3.28. The highest BCUT2D eigenvalue weighted by Gasteiger charge is 2.39. The first-order chi connectivity index (χ1) is 4.81. The van der Waals surface area contributed by atoms with Crippen molar-refractivity contribution < 1.29 is 0 Å². The van der Waals surface area contributed by atoms with Gasteiger partial charge in [-0.2, -0.15) is 0 Å². The largest absolute Gasteiger partial charge is 0.316 e. The fraction of sp³-hybridized carbons (Fsp3) is 1.00. The van der Waals surface area contributed by atoms with Crippen LogP contribution < -0.4 is 5.32 Å². The summed E-state index contributed by atoms with van der Waals surface area (Å²) in [6.45, 7) is 4.97. The monoisotopic (exact) mass is 139 g/mol. The predicted molar refractivity (Wildman–Crippen MR) is 42.9 cm³/mol. The van der Waals surface area contributed by atoms with Gasteiger partial charge in [-0.1, -0.05) is 13.3 Å². The quantitative estimate of drug-likeness (QED) is 0.539. The lowest BCUT2D eigenvalue weighted by molar-refractivity contribution is 0.324. The molecule has 2 fully saturated rings. The maximum atomic E-state index is 3.48. The predicted octanol–water partition coefficient (Wildman–Crippen LogP) is 1.79. The minimum atomic E-state index is 0.749. The van der Waals surface area contributed by atoms with Crippen molar-refractivity contribution in [3.05, 3.63) is 0 Å². The summed E-state index contributed by atoms with van der Waals surface area (Å²) in [5.74, 6) is 1.000. The summed E-state index contributed by atoms with van der Waals surface area (Å²) >= 11 is 0. The molecule has 1 heteroatoms. The molecule has 10 heavy (non-hydrogen) atoms. The first-order valence-electron chi connectivity index (χ1n) is 4.52. The van der Waals surface area contributed by atoms with Crippen molar-refractivity contribution in [1.82, 2.24) is 5.32 Å². The molecule has 0 bridgehead atoms. The smallest absolute Gasteiger partial charge is 0.000839 e. The Morgan fingerprint density at radius 3 is 2.80 bits per heavy atom. The number of rotatable bonds is 0. The number of nitrogens with one attached hydrogen (secondary N) is 1. The van der Waals surface area contributed by atoms with Crippen LogP contribution in [-0.4, -0.2) is 13.1 Å². The van der Waals surface area contributed by atoms with E-state index < -0.39 is 0 Å². The summed E-state index contributed by atoms with van der Waals surface area (Å²) in [7, 11) is 0. The number of hydrogen-bond donors (Lipinski definition) is 1. The lowest BCUT2D eigenvalue weighted by atomic mass is 9.85. The maximum absolute atomic E-state index is 3.48. The van der Waals surface area contributed by atoms with Gasteiger partial charge in [-0.15, -0.1) is 0 Å². The normalized spacial score (nSPS) is 47.1. The van der Waals surface area contributed by atoms with Crippen molar-refractivity contribution in [2.45, 2.75) is 32.6 Å². The van der Waals surface area contributed by atoms with Gasteiger partial charge in [-0.3, -0.25) is 0 Å². The molecule has 1 heterocycles. The van der Waals surface area contributed by atoms with Crippen molar-refractivity contribution in [3.63, 3.8) is 0 Å². The Bertz CT molecular complexity index is 125. The van der Waals surface area contributed by atoms with Gasteiger partial charge in [-0.25, -0.2) is 0 Å². The van der Waals surface area contributed by atoms with Crippen LogP contribution in [0.1, 0.15) is 32.6 Å². The molecular formula is C9H17N. The highest BCUT2D eigenvalue weighted by Crippen LogP contribution is 2.45. The van der Waals surface area contributed by atoms with E-state index in [1.807, 2.05) is 0 Å². The van der Waals surface area contributed by atoms with Crippen LogP contribution in [0.2, 0.25) is 0 Å².